The van der Waals surface area contributed by atoms with Crippen molar-refractivity contribution in [2.24, 2.45) is 12.5 Å². The Morgan fingerprint density at radius 1 is 1.07 bits per heavy atom. The summed E-state index contributed by atoms with van der Waals surface area (Å²) < 4.78 is 30.2. The van der Waals surface area contributed by atoms with Crippen molar-refractivity contribution < 1.29 is 18.7 Å². The van der Waals surface area contributed by atoms with Gasteiger partial charge in [-0.3, -0.25) is 9.58 Å². The van der Waals surface area contributed by atoms with Crippen LogP contribution in [-0.2, 0) is 13.5 Å². The summed E-state index contributed by atoms with van der Waals surface area (Å²) in [5, 5.41) is 15.8. The van der Waals surface area contributed by atoms with Crippen molar-refractivity contribution in [3.05, 3.63) is 76.1 Å². The largest absolute Gasteiger partial charge is 0.465 e. The van der Waals surface area contributed by atoms with Gasteiger partial charge in [0.1, 0.15) is 17.3 Å². The topological polar surface area (TPSA) is 97.3 Å². The second-order valence-corrected chi connectivity index (χ2v) is 12.7. The van der Waals surface area contributed by atoms with Crippen LogP contribution < -0.4 is 5.73 Å². The van der Waals surface area contributed by atoms with Gasteiger partial charge in [0.05, 0.1) is 27.7 Å². The third kappa shape index (κ3) is 6.50. The minimum atomic E-state index is -1.21. The number of aromatic nitrogens is 3. The molecule has 0 saturated carbocycles. The van der Waals surface area contributed by atoms with E-state index >= 15 is 0 Å². The average molecular weight is 594 g/mol. The second-order valence-electron chi connectivity index (χ2n) is 12.3. The summed E-state index contributed by atoms with van der Waals surface area (Å²) in [7, 11) is 1.74. The maximum absolute atomic E-state index is 14.3. The molecule has 0 fully saturated rings. The van der Waals surface area contributed by atoms with Crippen molar-refractivity contribution in [1.82, 2.24) is 19.7 Å². The minimum Gasteiger partial charge on any atom is -0.465 e. The van der Waals surface area contributed by atoms with Crippen LogP contribution in [0.1, 0.15) is 64.5 Å². The predicted octanol–water partition coefficient (Wildman–Crippen LogP) is 7.61. The highest BCUT2D eigenvalue weighted by Gasteiger charge is 2.37. The Labute approximate surface area is 249 Å². The molecule has 0 saturated heterocycles. The van der Waals surface area contributed by atoms with Gasteiger partial charge in [0.2, 0.25) is 0 Å². The lowest BCUT2D eigenvalue weighted by Gasteiger charge is -2.40. The van der Waals surface area contributed by atoms with Crippen molar-refractivity contribution in [2.45, 2.75) is 59.5 Å². The predicted molar refractivity (Wildman–Crippen MR) is 162 cm³/mol. The number of nitrogen functional groups attached to an aromatic ring is 1. The highest BCUT2D eigenvalue weighted by molar-refractivity contribution is 6.37. The van der Waals surface area contributed by atoms with Gasteiger partial charge >= 0.3 is 6.09 Å². The van der Waals surface area contributed by atoms with Gasteiger partial charge in [-0.25, -0.2) is 18.6 Å². The van der Waals surface area contributed by atoms with E-state index in [1.54, 1.807) is 50.7 Å². The number of halogens is 3. The van der Waals surface area contributed by atoms with Crippen LogP contribution in [0.3, 0.4) is 0 Å². The first-order valence-corrected chi connectivity index (χ1v) is 13.8. The molecule has 1 amide bonds. The molecule has 3 N–H and O–H groups in total. The molecule has 0 bridgehead atoms. The maximum atomic E-state index is 14.3. The Kier molecular flexibility index (Phi) is 8.25. The van der Waals surface area contributed by atoms with E-state index in [0.29, 0.717) is 38.4 Å². The Hall–Kier alpha value is -4.16. The fraction of sp³-hybridized carbons (Fsp3) is 0.344. The number of anilines is 1. The fourth-order valence-electron chi connectivity index (χ4n) is 5.05. The van der Waals surface area contributed by atoms with Gasteiger partial charge < -0.3 is 10.8 Å². The number of rotatable bonds is 5. The number of hydrogen-bond acceptors (Lipinski definition) is 4. The first-order valence-electron chi connectivity index (χ1n) is 13.4. The monoisotopic (exact) mass is 593 g/mol. The molecule has 4 rings (SSSR count). The molecule has 2 aromatic carbocycles. The number of hydrogen-bond donors (Lipinski definition) is 2. The van der Waals surface area contributed by atoms with Gasteiger partial charge in [-0.2, -0.15) is 5.10 Å². The Morgan fingerprint density at radius 2 is 1.69 bits per heavy atom. The maximum Gasteiger partial charge on any atom is 0.408 e. The summed E-state index contributed by atoms with van der Waals surface area (Å²) in [5.41, 5.74) is 7.90. The highest BCUT2D eigenvalue weighted by Crippen LogP contribution is 2.41. The molecular weight excluding hydrogens is 560 g/mol. The van der Waals surface area contributed by atoms with Crippen molar-refractivity contribution in [2.75, 3.05) is 5.73 Å². The summed E-state index contributed by atoms with van der Waals surface area (Å²) in [6, 6.07) is 9.29. The van der Waals surface area contributed by atoms with Gasteiger partial charge in [0.25, 0.3) is 0 Å². The van der Waals surface area contributed by atoms with E-state index < -0.39 is 29.3 Å². The molecular formula is C32H34ClF2N5O2. The van der Waals surface area contributed by atoms with Crippen LogP contribution in [0.2, 0.25) is 5.02 Å². The molecule has 42 heavy (non-hydrogen) atoms. The van der Waals surface area contributed by atoms with Crippen molar-refractivity contribution in [3.8, 4) is 23.0 Å². The van der Waals surface area contributed by atoms with Gasteiger partial charge in [0.15, 0.2) is 5.82 Å². The second kappa shape index (κ2) is 11.3. The van der Waals surface area contributed by atoms with Crippen molar-refractivity contribution >= 4 is 34.4 Å². The summed E-state index contributed by atoms with van der Waals surface area (Å²) in [6.07, 6.45) is -1.27. The van der Waals surface area contributed by atoms with Crippen LogP contribution in [0.4, 0.5) is 19.4 Å². The number of amides is 1. The Bertz CT molecular complexity index is 1720. The van der Waals surface area contributed by atoms with E-state index in [1.165, 1.54) is 17.0 Å². The van der Waals surface area contributed by atoms with Crippen molar-refractivity contribution in [3.63, 3.8) is 0 Å². The Morgan fingerprint density at radius 3 is 2.26 bits per heavy atom. The van der Waals surface area contributed by atoms with Gasteiger partial charge in [-0.1, -0.05) is 23.6 Å². The zero-order valence-electron chi connectivity index (χ0n) is 24.7. The molecule has 2 heterocycles. The fourth-order valence-corrected chi connectivity index (χ4v) is 5.30. The van der Waals surface area contributed by atoms with Crippen LogP contribution >= 0.6 is 11.6 Å². The normalized spacial score (nSPS) is 12.6. The van der Waals surface area contributed by atoms with Crippen LogP contribution in [-0.4, -0.2) is 36.4 Å². The quantitative estimate of drug-likeness (QED) is 0.232. The average Bonchev–Trinajstić information content (AvgIpc) is 3.15. The minimum absolute atomic E-state index is 0.0569. The van der Waals surface area contributed by atoms with Crippen LogP contribution in [0.15, 0.2) is 42.5 Å². The third-order valence-corrected chi connectivity index (χ3v) is 6.97. The lowest BCUT2D eigenvalue weighted by molar-refractivity contribution is 0.0684. The number of aryl methyl sites for hydroxylation is 1. The lowest BCUT2D eigenvalue weighted by atomic mass is 9.90. The van der Waals surface area contributed by atoms with Crippen LogP contribution in [0.25, 0.3) is 22.0 Å². The van der Waals surface area contributed by atoms with Gasteiger partial charge in [0, 0.05) is 35.2 Å². The summed E-state index contributed by atoms with van der Waals surface area (Å²) >= 11 is 6.51. The van der Waals surface area contributed by atoms with E-state index in [0.717, 1.165) is 6.07 Å². The smallest absolute Gasteiger partial charge is 0.408 e. The van der Waals surface area contributed by atoms with E-state index in [4.69, 9.17) is 22.3 Å². The third-order valence-electron chi connectivity index (χ3n) is 6.65. The zero-order chi connectivity index (χ0) is 31.1. The molecule has 0 radical (unpaired) electrons. The van der Waals surface area contributed by atoms with E-state index in [2.05, 4.69) is 16.9 Å². The van der Waals surface area contributed by atoms with Gasteiger partial charge in [-0.05, 0) is 89.8 Å². The van der Waals surface area contributed by atoms with E-state index in [9.17, 15) is 18.7 Å². The molecule has 7 nitrogen and oxygen atoms in total. The molecule has 4 aromatic rings. The first kappa shape index (κ1) is 30.8. The molecule has 0 aliphatic rings. The van der Waals surface area contributed by atoms with Crippen molar-refractivity contribution in [1.29, 1.82) is 0 Å². The number of benzene rings is 2. The number of nitrogens with two attached hydrogens (primary N) is 1. The lowest BCUT2D eigenvalue weighted by Crippen LogP contribution is -2.48. The Balaban J connectivity index is 2.09. The SMILES string of the molecule is Cn1nc(N)c2c(Cl)ccc(-c3ccc(C#CC(C)(C)C)nc3[C@H](Cc3cc(F)cc(F)c3)N(C(=O)O)C(C)(C)C)c21. The summed E-state index contributed by atoms with van der Waals surface area (Å²) in [6.45, 7) is 11.2. The standard InChI is InChI=1S/C32H34ClF2N5O2/c1-31(2,3)13-12-21-8-9-22(23-10-11-24(33)26-28(23)39(7)38-29(26)36)27(37-21)25(40(30(41)42)32(4,5)6)16-18-14-19(34)17-20(35)15-18/h8-11,14-15,17,25H,16H2,1-7H3,(H2,36,38)(H,41,42)/t25-/m0/s1. The zero-order valence-corrected chi connectivity index (χ0v) is 25.4. The number of nitrogens with zero attached hydrogens (tertiary/aromatic N) is 4. The van der Waals surface area contributed by atoms with E-state index in [-0.39, 0.29) is 23.2 Å². The number of fused-ring (bicyclic) bond motifs is 1. The summed E-state index contributed by atoms with van der Waals surface area (Å²) in [5.74, 6) is 5.00. The first-order chi connectivity index (χ1) is 19.5. The molecule has 1 atom stereocenters. The number of carboxylic acid groups (broad SMARTS) is 1. The molecule has 220 valence electrons. The molecule has 0 spiro atoms. The molecule has 0 unspecified atom stereocenters. The van der Waals surface area contributed by atoms with Crippen LogP contribution in [0.5, 0.6) is 0 Å². The molecule has 0 aliphatic carbocycles. The van der Waals surface area contributed by atoms with Gasteiger partial charge in [-0.15, -0.1) is 0 Å². The molecule has 0 aliphatic heterocycles. The number of carbonyl (C=O) groups is 1. The molecule has 10 heteroatoms. The van der Waals surface area contributed by atoms with E-state index in [1.807, 2.05) is 26.8 Å². The molecule has 2 aromatic heterocycles. The van der Waals surface area contributed by atoms with Crippen LogP contribution in [0, 0.1) is 28.9 Å². The number of pyridine rings is 1. The highest BCUT2D eigenvalue weighted by atomic mass is 35.5. The summed E-state index contributed by atoms with van der Waals surface area (Å²) in [4.78, 5) is 19.0.